The van der Waals surface area contributed by atoms with Crippen LogP contribution >= 0.6 is 0 Å². The predicted molar refractivity (Wildman–Crippen MR) is 26.9 cm³/mol. The van der Waals surface area contributed by atoms with Gasteiger partial charge in [-0.05, 0) is 6.92 Å². The minimum atomic E-state index is -4.57. The van der Waals surface area contributed by atoms with Crippen LogP contribution in [0.4, 0.5) is 18.0 Å². The summed E-state index contributed by atoms with van der Waals surface area (Å²) < 4.78 is 43.8. The molecule has 0 aliphatic carbocycles. The van der Waals surface area contributed by atoms with Crippen molar-refractivity contribution in [2.75, 3.05) is 6.61 Å². The zero-order chi connectivity index (χ0) is 8.70. The number of hydrogen-bond acceptors (Lipinski definition) is 3. The smallest absolute Gasteiger partial charge is 0.430 e. The van der Waals surface area contributed by atoms with Crippen LogP contribution in [-0.2, 0) is 9.47 Å². The van der Waals surface area contributed by atoms with E-state index in [0.29, 0.717) is 0 Å². The summed E-state index contributed by atoms with van der Waals surface area (Å²) in [5.41, 5.74) is -2.47. The van der Waals surface area contributed by atoms with E-state index in [1.807, 2.05) is 0 Å². The van der Waals surface area contributed by atoms with E-state index < -0.39 is 24.5 Å². The molecule has 1 atom stereocenters. The highest BCUT2D eigenvalue weighted by Crippen LogP contribution is 2.36. The van der Waals surface area contributed by atoms with Gasteiger partial charge in [0.15, 0.2) is 0 Å². The molecule has 3 nitrogen and oxygen atoms in total. The summed E-state index contributed by atoms with van der Waals surface area (Å²) in [5, 5.41) is 0. The number of alkyl halides is 3. The average Bonchev–Trinajstić information content (AvgIpc) is 2.10. The molecule has 0 aromatic heterocycles. The molecule has 64 valence electrons. The van der Waals surface area contributed by atoms with E-state index in [2.05, 4.69) is 9.47 Å². The van der Waals surface area contributed by atoms with E-state index in [-0.39, 0.29) is 0 Å². The van der Waals surface area contributed by atoms with E-state index in [1.165, 1.54) is 0 Å². The number of cyclic esters (lactones) is 2. The zero-order valence-corrected chi connectivity index (χ0v) is 5.57. The highest BCUT2D eigenvalue weighted by molar-refractivity contribution is 5.62. The van der Waals surface area contributed by atoms with Gasteiger partial charge >= 0.3 is 12.3 Å². The molecular formula is C5H5F3O3. The first kappa shape index (κ1) is 8.16. The number of hydrogen-bond donors (Lipinski definition) is 0. The summed E-state index contributed by atoms with van der Waals surface area (Å²) in [6.07, 6.45) is -5.84. The monoisotopic (exact) mass is 170 g/mol. The van der Waals surface area contributed by atoms with Gasteiger partial charge in [0.1, 0.15) is 6.61 Å². The summed E-state index contributed by atoms with van der Waals surface area (Å²) >= 11 is 0. The molecule has 1 aliphatic heterocycles. The Bertz CT molecular complexity index is 188. The van der Waals surface area contributed by atoms with Gasteiger partial charge in [-0.3, -0.25) is 0 Å². The van der Waals surface area contributed by atoms with Crippen molar-refractivity contribution < 1.29 is 27.4 Å². The fourth-order valence-electron chi connectivity index (χ4n) is 0.579. The van der Waals surface area contributed by atoms with Crippen LogP contribution in [0.25, 0.3) is 0 Å². The van der Waals surface area contributed by atoms with Crippen LogP contribution < -0.4 is 0 Å². The summed E-state index contributed by atoms with van der Waals surface area (Å²) in [6.45, 7) is -0.00671. The van der Waals surface area contributed by atoms with Crippen molar-refractivity contribution in [1.29, 1.82) is 0 Å². The predicted octanol–water partition coefficient (Wildman–Crippen LogP) is 1.47. The van der Waals surface area contributed by atoms with Crippen LogP contribution in [0.5, 0.6) is 0 Å². The highest BCUT2D eigenvalue weighted by atomic mass is 19.4. The van der Waals surface area contributed by atoms with Gasteiger partial charge in [0, 0.05) is 0 Å². The Kier molecular flexibility index (Phi) is 1.50. The Hall–Kier alpha value is -0.940. The summed E-state index contributed by atoms with van der Waals surface area (Å²) in [7, 11) is 0. The third-order valence-corrected chi connectivity index (χ3v) is 1.37. The normalized spacial score (nSPS) is 31.5. The first-order chi connectivity index (χ1) is 4.85. The van der Waals surface area contributed by atoms with Gasteiger partial charge in [-0.15, -0.1) is 0 Å². The maximum Gasteiger partial charge on any atom is 0.509 e. The molecule has 0 bridgehead atoms. The number of rotatable bonds is 0. The molecule has 11 heavy (non-hydrogen) atoms. The Labute approximate surface area is 60.1 Å². The minimum Gasteiger partial charge on any atom is -0.430 e. The van der Waals surface area contributed by atoms with Gasteiger partial charge in [-0.1, -0.05) is 0 Å². The van der Waals surface area contributed by atoms with Crippen molar-refractivity contribution in [3.8, 4) is 0 Å². The fraction of sp³-hybridized carbons (Fsp3) is 0.800. The van der Waals surface area contributed by atoms with Crippen LogP contribution in [0.2, 0.25) is 0 Å². The third kappa shape index (κ3) is 1.24. The minimum absolute atomic E-state index is 0.762. The largest absolute Gasteiger partial charge is 0.509 e. The van der Waals surface area contributed by atoms with E-state index in [0.717, 1.165) is 6.92 Å². The molecule has 0 N–H and O–H groups in total. The number of ether oxygens (including phenoxy) is 2. The second-order valence-electron chi connectivity index (χ2n) is 2.37. The number of carbonyl (C=O) groups is 1. The van der Waals surface area contributed by atoms with Crippen molar-refractivity contribution in [2.45, 2.75) is 18.7 Å². The first-order valence-corrected chi connectivity index (χ1v) is 2.78. The number of halogens is 3. The molecule has 1 heterocycles. The third-order valence-electron chi connectivity index (χ3n) is 1.37. The summed E-state index contributed by atoms with van der Waals surface area (Å²) in [4.78, 5) is 10.2. The lowest BCUT2D eigenvalue weighted by Crippen LogP contribution is -2.44. The second kappa shape index (κ2) is 2.02. The Morgan fingerprint density at radius 2 is 2.09 bits per heavy atom. The fourth-order valence-corrected chi connectivity index (χ4v) is 0.579. The summed E-state index contributed by atoms with van der Waals surface area (Å²) in [6, 6.07) is 0. The van der Waals surface area contributed by atoms with Crippen LogP contribution in [0.1, 0.15) is 6.92 Å². The lowest BCUT2D eigenvalue weighted by molar-refractivity contribution is -0.239. The topological polar surface area (TPSA) is 35.5 Å². The van der Waals surface area contributed by atoms with Gasteiger partial charge in [0.05, 0.1) is 0 Å². The van der Waals surface area contributed by atoms with Gasteiger partial charge in [0.2, 0.25) is 5.60 Å². The molecule has 1 saturated heterocycles. The molecule has 0 saturated carbocycles. The molecule has 0 amide bonds. The zero-order valence-electron chi connectivity index (χ0n) is 5.57. The first-order valence-electron chi connectivity index (χ1n) is 2.78. The van der Waals surface area contributed by atoms with Crippen LogP contribution in [0.15, 0.2) is 0 Å². The van der Waals surface area contributed by atoms with E-state index in [4.69, 9.17) is 0 Å². The van der Waals surface area contributed by atoms with Crippen molar-refractivity contribution in [3.05, 3.63) is 0 Å². The van der Waals surface area contributed by atoms with Crippen molar-refractivity contribution in [3.63, 3.8) is 0 Å². The molecule has 0 aromatic rings. The molecular weight excluding hydrogens is 165 g/mol. The van der Waals surface area contributed by atoms with Gasteiger partial charge in [0.25, 0.3) is 0 Å². The van der Waals surface area contributed by atoms with Gasteiger partial charge < -0.3 is 9.47 Å². The van der Waals surface area contributed by atoms with Gasteiger partial charge in [-0.25, -0.2) is 4.79 Å². The quantitative estimate of drug-likeness (QED) is 0.516. The lowest BCUT2D eigenvalue weighted by atomic mass is 10.1. The maximum absolute atomic E-state index is 12.0. The molecule has 1 rings (SSSR count). The van der Waals surface area contributed by atoms with Crippen molar-refractivity contribution in [2.24, 2.45) is 0 Å². The Morgan fingerprint density at radius 1 is 1.55 bits per heavy atom. The SMILES string of the molecule is C[C@]1(C(F)(F)F)COC(=O)O1. The molecule has 0 unspecified atom stereocenters. The maximum atomic E-state index is 12.0. The average molecular weight is 170 g/mol. The Balaban J connectivity index is 2.77. The standard InChI is InChI=1S/C5H5F3O3/c1-4(5(6,7)8)2-10-3(9)11-4/h2H2,1H3/t4-/m1/s1. The van der Waals surface area contributed by atoms with E-state index in [1.54, 1.807) is 0 Å². The highest BCUT2D eigenvalue weighted by Gasteiger charge is 2.59. The van der Waals surface area contributed by atoms with Crippen molar-refractivity contribution in [1.82, 2.24) is 0 Å². The van der Waals surface area contributed by atoms with Crippen molar-refractivity contribution >= 4 is 6.16 Å². The lowest BCUT2D eigenvalue weighted by Gasteiger charge is -2.22. The van der Waals surface area contributed by atoms with Crippen LogP contribution in [0.3, 0.4) is 0 Å². The number of carbonyl (C=O) groups excluding carboxylic acids is 1. The second-order valence-corrected chi connectivity index (χ2v) is 2.37. The van der Waals surface area contributed by atoms with E-state index >= 15 is 0 Å². The Morgan fingerprint density at radius 3 is 2.27 bits per heavy atom. The van der Waals surface area contributed by atoms with Gasteiger partial charge in [-0.2, -0.15) is 13.2 Å². The molecule has 0 aromatic carbocycles. The van der Waals surface area contributed by atoms with E-state index in [9.17, 15) is 18.0 Å². The molecule has 1 aliphatic rings. The molecule has 0 radical (unpaired) electrons. The molecule has 0 spiro atoms. The molecule has 1 fully saturated rings. The van der Waals surface area contributed by atoms with Crippen LogP contribution in [-0.4, -0.2) is 24.5 Å². The van der Waals surface area contributed by atoms with Crippen LogP contribution in [0, 0.1) is 0 Å². The molecule has 6 heteroatoms. The summed E-state index contributed by atoms with van der Waals surface area (Å²) in [5.74, 6) is 0.